The van der Waals surface area contributed by atoms with Gasteiger partial charge < -0.3 is 9.32 Å². The average Bonchev–Trinajstić information content (AvgIpc) is 3.71. The van der Waals surface area contributed by atoms with Gasteiger partial charge in [-0.15, -0.1) is 0 Å². The molecule has 0 unspecified atom stereocenters. The minimum Gasteiger partial charge on any atom is -0.456 e. The van der Waals surface area contributed by atoms with Crippen LogP contribution in [0.5, 0.6) is 0 Å². The number of furan rings is 1. The van der Waals surface area contributed by atoms with E-state index in [0.717, 1.165) is 10.8 Å². The van der Waals surface area contributed by atoms with Crippen molar-refractivity contribution >= 4 is 60.5 Å². The predicted molar refractivity (Wildman–Crippen MR) is 220 cm³/mol. The molecular weight excluding hydrogens is 631 g/mol. The first kappa shape index (κ1) is 19.5. The van der Waals surface area contributed by atoms with E-state index in [4.69, 9.17) is 15.4 Å². The van der Waals surface area contributed by atoms with Crippen molar-refractivity contribution in [2.24, 2.45) is 0 Å². The van der Waals surface area contributed by atoms with Crippen LogP contribution in [0.1, 0.15) is 17.8 Å². The van der Waals surface area contributed by atoms with Crippen molar-refractivity contribution in [2.75, 3.05) is 4.90 Å². The van der Waals surface area contributed by atoms with Gasteiger partial charge in [0.2, 0.25) is 0 Å². The van der Waals surface area contributed by atoms with Crippen LogP contribution in [-0.4, -0.2) is 0 Å². The topological polar surface area (TPSA) is 16.4 Å². The molecule has 9 aromatic carbocycles. The lowest BCUT2D eigenvalue weighted by molar-refractivity contribution is 0.669. The molecule has 244 valence electrons. The Kier molecular flexibility index (Phi) is 4.67. The number of para-hydroxylation sites is 1. The van der Waals surface area contributed by atoms with Crippen LogP contribution in [0.3, 0.4) is 0 Å². The zero-order chi connectivity index (χ0) is 45.7. The first-order valence-corrected chi connectivity index (χ1v) is 16.7. The number of anilines is 3. The molecule has 0 fully saturated rings. The lowest BCUT2D eigenvalue weighted by Crippen LogP contribution is -2.09. The van der Waals surface area contributed by atoms with E-state index < -0.39 is 18.1 Å². The van der Waals surface area contributed by atoms with Gasteiger partial charge in [-0.1, -0.05) is 139 Å². The quantitative estimate of drug-likeness (QED) is 0.174. The first-order chi connectivity index (χ1) is 31.2. The van der Waals surface area contributed by atoms with E-state index >= 15 is 0 Å². The molecule has 52 heavy (non-hydrogen) atoms. The van der Waals surface area contributed by atoms with Gasteiger partial charge in [0.25, 0.3) is 0 Å². The third kappa shape index (κ3) is 5.30. The van der Waals surface area contributed by atoms with Crippen LogP contribution in [0.4, 0.5) is 17.1 Å². The smallest absolute Gasteiger partial charge is 0.136 e. The number of benzene rings is 9. The van der Waals surface area contributed by atoms with Gasteiger partial charge in [0.15, 0.2) is 0 Å². The minimum absolute atomic E-state index is 0.0188. The van der Waals surface area contributed by atoms with E-state index in [1.54, 1.807) is 83.8 Å². The van der Waals surface area contributed by atoms with Gasteiger partial charge in [0.05, 0.1) is 17.8 Å². The molecule has 2 heteroatoms. The Bertz CT molecular complexity index is 3600. The highest BCUT2D eigenvalue weighted by atomic mass is 16.3. The van der Waals surface area contributed by atoms with E-state index in [-0.39, 0.29) is 82.8 Å². The summed E-state index contributed by atoms with van der Waals surface area (Å²) < 4.78 is 121. The van der Waals surface area contributed by atoms with Gasteiger partial charge in [0, 0.05) is 27.8 Å². The van der Waals surface area contributed by atoms with E-state index in [9.17, 15) is 6.85 Å². The summed E-state index contributed by atoms with van der Waals surface area (Å²) in [6.07, 6.45) is 0. The maximum Gasteiger partial charge on any atom is 0.136 e. The number of hydrogen-bond acceptors (Lipinski definition) is 2. The Hall–Kier alpha value is -6.90. The Morgan fingerprint density at radius 2 is 1.10 bits per heavy atom. The van der Waals surface area contributed by atoms with Gasteiger partial charge in [0.1, 0.15) is 11.2 Å². The van der Waals surface area contributed by atoms with Crippen LogP contribution in [0, 0.1) is 0 Å². The second-order valence-corrected chi connectivity index (χ2v) is 12.3. The lowest BCUT2D eigenvalue weighted by Gasteiger charge is -2.26. The summed E-state index contributed by atoms with van der Waals surface area (Å²) in [5.41, 5.74) is 3.13. The lowest BCUT2D eigenvalue weighted by atomic mass is 9.95. The average molecular weight is 677 g/mol. The fourth-order valence-electron chi connectivity index (χ4n) is 6.69. The Morgan fingerprint density at radius 1 is 0.385 bits per heavy atom. The molecule has 0 radical (unpaired) electrons. The molecular formula is C50H33NO. The summed E-state index contributed by atoms with van der Waals surface area (Å²) in [6.45, 7) is 0. The number of fused-ring (bicyclic) bond motifs is 6. The Labute approximate surface area is 320 Å². The van der Waals surface area contributed by atoms with E-state index in [1.807, 2.05) is 42.5 Å². The minimum atomic E-state index is -0.502. The second kappa shape index (κ2) is 12.5. The molecule has 0 aliphatic heterocycles. The van der Waals surface area contributed by atoms with Crippen molar-refractivity contribution in [1.29, 1.82) is 0 Å². The second-order valence-electron chi connectivity index (χ2n) is 12.3. The third-order valence-corrected chi connectivity index (χ3v) is 9.22. The van der Waals surface area contributed by atoms with Gasteiger partial charge >= 0.3 is 0 Å². The molecule has 0 atom stereocenters. The fourth-order valence-corrected chi connectivity index (χ4v) is 6.69. The van der Waals surface area contributed by atoms with Crippen LogP contribution in [0.2, 0.25) is 0 Å². The maximum absolute atomic E-state index is 9.51. The summed E-state index contributed by atoms with van der Waals surface area (Å²) in [5, 5.41) is 3.35. The molecule has 0 bridgehead atoms. The summed E-state index contributed by atoms with van der Waals surface area (Å²) in [5.74, 6) is 0. The van der Waals surface area contributed by atoms with Crippen molar-refractivity contribution in [3.63, 3.8) is 0 Å². The Morgan fingerprint density at radius 3 is 1.94 bits per heavy atom. The molecule has 0 aliphatic rings. The largest absolute Gasteiger partial charge is 0.456 e. The first-order valence-electron chi connectivity index (χ1n) is 23.2. The number of hydrogen-bond donors (Lipinski definition) is 0. The van der Waals surface area contributed by atoms with E-state index in [1.165, 1.54) is 0 Å². The van der Waals surface area contributed by atoms with Crippen molar-refractivity contribution in [2.45, 2.75) is 0 Å². The van der Waals surface area contributed by atoms with Gasteiger partial charge in [-0.25, -0.2) is 0 Å². The molecule has 0 spiro atoms. The molecule has 1 heterocycles. The molecule has 0 N–H and O–H groups in total. The maximum atomic E-state index is 9.51. The molecule has 1 aromatic heterocycles. The number of nitrogens with zero attached hydrogens (tertiary/aromatic N) is 1. The number of rotatable bonds is 6. The van der Waals surface area contributed by atoms with Crippen molar-refractivity contribution in [3.05, 3.63) is 200 Å². The van der Waals surface area contributed by atoms with Crippen LogP contribution in [0.15, 0.2) is 204 Å². The van der Waals surface area contributed by atoms with Crippen molar-refractivity contribution < 1.29 is 22.2 Å². The van der Waals surface area contributed by atoms with Crippen molar-refractivity contribution in [1.82, 2.24) is 0 Å². The van der Waals surface area contributed by atoms with Gasteiger partial charge in [-0.3, -0.25) is 0 Å². The molecule has 2 nitrogen and oxygen atoms in total. The molecule has 0 saturated heterocycles. The summed E-state index contributed by atoms with van der Waals surface area (Å²) in [4.78, 5) is 1.62. The zero-order valence-corrected chi connectivity index (χ0v) is 27.4. The van der Waals surface area contributed by atoms with Gasteiger partial charge in [-0.2, -0.15) is 0 Å². The molecule has 0 saturated carbocycles. The van der Waals surface area contributed by atoms with Crippen LogP contribution >= 0.6 is 0 Å². The highest BCUT2D eigenvalue weighted by molar-refractivity contribution is 6.19. The summed E-state index contributed by atoms with van der Waals surface area (Å²) >= 11 is 0. The SMILES string of the molecule is [2H]c1c([2H])c([2H])c(-c2ccc(N(c3ccc4ccccc4c3)c3c([2H])c([2H])c(-c4cccc(-c5ccc6c([2H])c([2H])c7oc8cccc([2H])c8c7c6c5[2H])c4)c([2H])c3[2H])cc2)c([2H])c1[2H]. The highest BCUT2D eigenvalue weighted by Crippen LogP contribution is 2.40. The van der Waals surface area contributed by atoms with E-state index in [0.29, 0.717) is 60.8 Å². The zero-order valence-electron chi connectivity index (χ0n) is 40.4. The van der Waals surface area contributed by atoms with Gasteiger partial charge in [-0.05, 0) is 115 Å². The monoisotopic (exact) mass is 676 g/mol. The summed E-state index contributed by atoms with van der Waals surface area (Å²) in [6, 6.07) is 31.4. The Balaban J connectivity index is 1.13. The predicted octanol–water partition coefficient (Wildman–Crippen LogP) is 14.4. The summed E-state index contributed by atoms with van der Waals surface area (Å²) in [7, 11) is 0. The van der Waals surface area contributed by atoms with Crippen LogP contribution in [-0.2, 0) is 0 Å². The third-order valence-electron chi connectivity index (χ3n) is 9.22. The van der Waals surface area contributed by atoms with E-state index in [2.05, 4.69) is 0 Å². The van der Waals surface area contributed by atoms with Crippen LogP contribution < -0.4 is 4.90 Å². The highest BCUT2D eigenvalue weighted by Gasteiger charge is 2.15. The molecule has 0 amide bonds. The molecule has 10 aromatic rings. The molecule has 10 rings (SSSR count). The van der Waals surface area contributed by atoms with Crippen LogP contribution in [0.25, 0.3) is 76.9 Å². The molecule has 0 aliphatic carbocycles. The fraction of sp³-hybridized carbons (Fsp3) is 0. The van der Waals surface area contributed by atoms with Crippen molar-refractivity contribution in [3.8, 4) is 33.4 Å². The standard InChI is InChI=1S/C50H33NO/c1-2-9-34(10-3-1)36-19-25-43(26-20-36)51(45-29-23-35-11-4-5-12-41(35)32-45)44-27-21-37(22-28-44)39-13-8-14-40(31-39)42-18-17-38-24-30-49-50(47(38)33-42)46-15-6-7-16-48(46)52-49/h1-33H/i1D,2D,3D,9D,10D,15D,21D,22D,24D,27D,28D,30D,33D. The normalized spacial score (nSPS) is 15.0.